The lowest BCUT2D eigenvalue weighted by atomic mass is 9.79. The number of halogens is 4. The molecule has 0 aliphatic carbocycles. The number of H-pyrrole nitrogens is 1. The van der Waals surface area contributed by atoms with Gasteiger partial charge in [-0.2, -0.15) is 0 Å². The van der Waals surface area contributed by atoms with Gasteiger partial charge in [0.05, 0.1) is 30.3 Å². The van der Waals surface area contributed by atoms with Gasteiger partial charge in [-0.15, -0.1) is 0 Å². The number of hydrogen-bond donors (Lipinski definition) is 2. The first kappa shape index (κ1) is 39.5. The van der Waals surface area contributed by atoms with E-state index in [4.69, 9.17) is 0 Å². The smallest absolute Gasteiger partial charge is 0.262 e. The molecule has 16 heteroatoms. The molecule has 5 amide bonds. The van der Waals surface area contributed by atoms with Crippen LogP contribution in [0, 0.1) is 17.0 Å². The standard InChI is InChI=1S/C45H45F4N7O5/c1-24-13-29-28-5-2-3-6-34(28)50-40(29)41(55(24)20-36(48)49)39-32(46)16-27(17-33(39)47)53-11-4-9-45(22-53)10-12-54(23-45)38(58)21-52-18-25-14-30-31(15-26(25)19-52)44(61)56(43(30)60)35-7-8-37(57)51-42(35)59/h2-3,5-6,14-17,24,35-36,41,50H,4,7-13,18-23H2,1H3,(H,51,57,59)/t24-,35?,41-,45?/m1/s1. The van der Waals surface area contributed by atoms with Gasteiger partial charge in [-0.25, -0.2) is 17.6 Å². The predicted octanol–water partition coefficient (Wildman–Crippen LogP) is 5.28. The van der Waals surface area contributed by atoms with E-state index in [9.17, 15) is 32.8 Å². The number of likely N-dealkylation sites (tertiary alicyclic amines) is 1. The molecule has 0 bridgehead atoms. The molecule has 4 aromatic rings. The minimum Gasteiger partial charge on any atom is -0.371 e. The fourth-order valence-electron chi connectivity index (χ4n) is 11.0. The van der Waals surface area contributed by atoms with E-state index < -0.39 is 66.4 Å². The van der Waals surface area contributed by atoms with Gasteiger partial charge < -0.3 is 14.8 Å². The van der Waals surface area contributed by atoms with Crippen LogP contribution in [0.15, 0.2) is 48.5 Å². The van der Waals surface area contributed by atoms with Crippen LogP contribution in [0.2, 0.25) is 0 Å². The van der Waals surface area contributed by atoms with Gasteiger partial charge in [0, 0.05) is 85.0 Å². The maximum absolute atomic E-state index is 16.5. The molecule has 6 aliphatic heterocycles. The molecule has 3 aromatic carbocycles. The first-order valence-electron chi connectivity index (χ1n) is 21.0. The Labute approximate surface area is 348 Å². The number of nitrogens with one attached hydrogen (secondary N) is 2. The van der Waals surface area contributed by atoms with Gasteiger partial charge in [0.1, 0.15) is 17.7 Å². The van der Waals surface area contributed by atoms with E-state index >= 15 is 8.78 Å². The Morgan fingerprint density at radius 3 is 2.31 bits per heavy atom. The van der Waals surface area contributed by atoms with Gasteiger partial charge in [-0.1, -0.05) is 18.2 Å². The lowest BCUT2D eigenvalue weighted by molar-refractivity contribution is -0.136. The Bertz CT molecular complexity index is 2480. The van der Waals surface area contributed by atoms with Crippen molar-refractivity contribution in [1.29, 1.82) is 0 Å². The van der Waals surface area contributed by atoms with Crippen molar-refractivity contribution < 1.29 is 41.5 Å². The largest absolute Gasteiger partial charge is 0.371 e. The second kappa shape index (κ2) is 14.8. The predicted molar refractivity (Wildman–Crippen MR) is 215 cm³/mol. The second-order valence-electron chi connectivity index (χ2n) is 17.8. The molecule has 3 saturated heterocycles. The molecule has 7 heterocycles. The summed E-state index contributed by atoms with van der Waals surface area (Å²) in [5.41, 5.74) is 4.10. The number of anilines is 1. The number of aromatic amines is 1. The number of amides is 5. The van der Waals surface area contributed by atoms with Crippen LogP contribution in [0.1, 0.15) is 93.7 Å². The Kier molecular flexibility index (Phi) is 9.58. The number of carbonyl (C=O) groups is 5. The third kappa shape index (κ3) is 6.69. The lowest BCUT2D eigenvalue weighted by Crippen LogP contribution is -2.54. The number of benzene rings is 3. The zero-order valence-electron chi connectivity index (χ0n) is 33.6. The molecule has 2 N–H and O–H groups in total. The zero-order chi connectivity index (χ0) is 42.5. The van der Waals surface area contributed by atoms with Crippen molar-refractivity contribution in [3.05, 3.63) is 99.2 Å². The third-order valence-corrected chi connectivity index (χ3v) is 13.9. The maximum Gasteiger partial charge on any atom is 0.262 e. The molecule has 12 nitrogen and oxygen atoms in total. The minimum absolute atomic E-state index is 0.0371. The van der Waals surface area contributed by atoms with Crippen molar-refractivity contribution in [2.75, 3.05) is 44.2 Å². The van der Waals surface area contributed by atoms with Crippen molar-refractivity contribution in [3.63, 3.8) is 0 Å². The molecular formula is C45H45F4N7O5. The van der Waals surface area contributed by atoms with Crippen molar-refractivity contribution in [1.82, 2.24) is 29.9 Å². The second-order valence-corrected chi connectivity index (χ2v) is 17.8. The van der Waals surface area contributed by atoms with E-state index in [0.29, 0.717) is 57.1 Å². The Morgan fingerprint density at radius 1 is 0.918 bits per heavy atom. The molecule has 2 unspecified atom stereocenters. The first-order chi connectivity index (χ1) is 29.3. The molecule has 0 saturated carbocycles. The molecule has 1 spiro atoms. The van der Waals surface area contributed by atoms with Crippen LogP contribution in [0.25, 0.3) is 10.9 Å². The summed E-state index contributed by atoms with van der Waals surface area (Å²) >= 11 is 0. The zero-order valence-corrected chi connectivity index (χ0v) is 33.6. The summed E-state index contributed by atoms with van der Waals surface area (Å²) in [7, 11) is 0. The number of aromatic nitrogens is 1. The number of imide groups is 2. The van der Waals surface area contributed by atoms with Gasteiger partial charge in [0.25, 0.3) is 18.2 Å². The lowest BCUT2D eigenvalue weighted by Gasteiger charge is -2.42. The highest BCUT2D eigenvalue weighted by Crippen LogP contribution is 2.45. The van der Waals surface area contributed by atoms with E-state index in [-0.39, 0.29) is 47.4 Å². The van der Waals surface area contributed by atoms with Crippen LogP contribution in [0.5, 0.6) is 0 Å². The number of rotatable bonds is 7. The summed E-state index contributed by atoms with van der Waals surface area (Å²) in [6.45, 7) is 4.21. The molecule has 3 fully saturated rings. The maximum atomic E-state index is 16.5. The van der Waals surface area contributed by atoms with E-state index in [1.165, 1.54) is 17.0 Å². The molecule has 61 heavy (non-hydrogen) atoms. The molecule has 1 aromatic heterocycles. The van der Waals surface area contributed by atoms with Gasteiger partial charge >= 0.3 is 0 Å². The molecule has 4 atom stereocenters. The summed E-state index contributed by atoms with van der Waals surface area (Å²) in [5, 5.41) is 3.12. The molecule has 0 radical (unpaired) electrons. The highest BCUT2D eigenvalue weighted by Gasteiger charge is 2.47. The summed E-state index contributed by atoms with van der Waals surface area (Å²) in [6, 6.07) is 11.0. The minimum atomic E-state index is -2.70. The van der Waals surface area contributed by atoms with Crippen LogP contribution >= 0.6 is 0 Å². The summed E-state index contributed by atoms with van der Waals surface area (Å²) in [5.74, 6) is -3.89. The van der Waals surface area contributed by atoms with E-state index in [2.05, 4.69) is 10.3 Å². The van der Waals surface area contributed by atoms with Crippen LogP contribution in [0.3, 0.4) is 0 Å². The molecular weight excluding hydrogens is 795 g/mol. The summed E-state index contributed by atoms with van der Waals surface area (Å²) < 4.78 is 60.9. The van der Waals surface area contributed by atoms with E-state index in [0.717, 1.165) is 51.8 Å². The van der Waals surface area contributed by atoms with Crippen LogP contribution < -0.4 is 10.2 Å². The number of carbonyl (C=O) groups excluding carboxylic acids is 5. The van der Waals surface area contributed by atoms with Crippen LogP contribution in [0.4, 0.5) is 23.2 Å². The Morgan fingerprint density at radius 2 is 1.62 bits per heavy atom. The fourth-order valence-corrected chi connectivity index (χ4v) is 11.0. The number of hydrogen-bond acceptors (Lipinski definition) is 8. The third-order valence-electron chi connectivity index (χ3n) is 13.9. The Hall–Kier alpha value is -5.61. The highest BCUT2D eigenvalue weighted by atomic mass is 19.3. The van der Waals surface area contributed by atoms with Gasteiger partial charge in [0.2, 0.25) is 17.7 Å². The van der Waals surface area contributed by atoms with Crippen molar-refractivity contribution >= 4 is 46.1 Å². The highest BCUT2D eigenvalue weighted by molar-refractivity contribution is 6.23. The average Bonchev–Trinajstić information content (AvgIpc) is 3.97. The van der Waals surface area contributed by atoms with Crippen molar-refractivity contribution in [3.8, 4) is 0 Å². The van der Waals surface area contributed by atoms with Crippen molar-refractivity contribution in [2.45, 2.75) is 83.1 Å². The SMILES string of the molecule is C[C@@H]1Cc2c([nH]c3ccccc23)[C@@H](c2c(F)cc(N3CCCC4(CCN(C(=O)CN5Cc6cc7c(cc6C5)C(=O)N(C5CCC(=O)NC5=O)C7=O)C4)C3)cc2F)N1CC(F)F. The number of fused-ring (bicyclic) bond motifs is 5. The molecule has 10 rings (SSSR count). The molecule has 318 valence electrons. The number of alkyl halides is 2. The normalized spacial score (nSPS) is 25.6. The average molecular weight is 840 g/mol. The van der Waals surface area contributed by atoms with Crippen LogP contribution in [-0.2, 0) is 33.9 Å². The van der Waals surface area contributed by atoms with E-state index in [1.807, 2.05) is 45.9 Å². The summed E-state index contributed by atoms with van der Waals surface area (Å²) in [4.78, 5) is 76.2. The number of piperidine rings is 2. The first-order valence-corrected chi connectivity index (χ1v) is 21.0. The topological polar surface area (TPSA) is 129 Å². The van der Waals surface area contributed by atoms with Crippen LogP contribution in [-0.4, -0.2) is 112 Å². The fraction of sp³-hybridized carbons (Fsp3) is 0.444. The quantitative estimate of drug-likeness (QED) is 0.190. The van der Waals surface area contributed by atoms with Gasteiger partial charge in [-0.3, -0.25) is 44.0 Å². The number of nitrogens with zero attached hydrogens (tertiary/aromatic N) is 5. The number of para-hydroxylation sites is 1. The van der Waals surface area contributed by atoms with Gasteiger partial charge in [0.15, 0.2) is 0 Å². The van der Waals surface area contributed by atoms with Gasteiger partial charge in [-0.05, 0) is 86.1 Å². The van der Waals surface area contributed by atoms with E-state index in [1.54, 1.807) is 12.1 Å². The molecule has 6 aliphatic rings. The van der Waals surface area contributed by atoms with Crippen molar-refractivity contribution in [2.24, 2.45) is 5.41 Å². The Balaban J connectivity index is 0.816. The summed E-state index contributed by atoms with van der Waals surface area (Å²) in [6.07, 6.45) is 0.216. The monoisotopic (exact) mass is 839 g/mol.